The predicted molar refractivity (Wildman–Crippen MR) is 127 cm³/mol. The summed E-state index contributed by atoms with van der Waals surface area (Å²) in [6.45, 7) is 4.14. The summed E-state index contributed by atoms with van der Waals surface area (Å²) >= 11 is 0. The number of pyridine rings is 3. The molecule has 5 rings (SSSR count). The molecule has 2 aliphatic rings. The van der Waals surface area contributed by atoms with E-state index >= 15 is 0 Å². The lowest BCUT2D eigenvalue weighted by Crippen LogP contribution is -2.43. The first-order valence-corrected chi connectivity index (χ1v) is 11.7. The van der Waals surface area contributed by atoms with Crippen LogP contribution in [-0.2, 0) is 13.1 Å². The van der Waals surface area contributed by atoms with Crippen LogP contribution in [0.5, 0.6) is 5.75 Å². The van der Waals surface area contributed by atoms with Crippen molar-refractivity contribution in [2.75, 3.05) is 37.7 Å². The van der Waals surface area contributed by atoms with Crippen molar-refractivity contribution >= 4 is 22.8 Å². The number of hydrogen-bond acceptors (Lipinski definition) is 7. The Hall–Kier alpha value is -3.57. The molecule has 0 aliphatic carbocycles. The molecule has 1 amide bonds. The number of halogens is 1. The first-order chi connectivity index (χ1) is 17.0. The minimum absolute atomic E-state index is 0.158. The number of aromatic nitrogens is 3. The number of anilines is 1. The molecule has 0 bridgehead atoms. The monoisotopic (exact) mass is 482 g/mol. The Morgan fingerprint density at radius 3 is 2.77 bits per heavy atom. The van der Waals surface area contributed by atoms with E-state index in [4.69, 9.17) is 4.74 Å². The molecule has 3 aromatic heterocycles. The normalized spacial score (nSPS) is 16.8. The van der Waals surface area contributed by atoms with E-state index in [1.54, 1.807) is 22.9 Å². The van der Waals surface area contributed by atoms with Gasteiger partial charge in [0.15, 0.2) is 0 Å². The first-order valence-electron chi connectivity index (χ1n) is 11.7. The molecule has 2 aliphatic heterocycles. The topological polar surface area (TPSA) is 113 Å². The Kier molecular flexibility index (Phi) is 6.60. The highest BCUT2D eigenvalue weighted by Crippen LogP contribution is 2.31. The van der Waals surface area contributed by atoms with E-state index in [0.29, 0.717) is 61.3 Å². The Bertz CT molecular complexity index is 1290. The molecule has 184 valence electrons. The van der Waals surface area contributed by atoms with E-state index < -0.39 is 11.9 Å². The highest BCUT2D eigenvalue weighted by molar-refractivity contribution is 5.88. The smallest absolute Gasteiger partial charge is 0.412 e. The molecule has 11 heteroatoms. The third-order valence-corrected chi connectivity index (χ3v) is 6.60. The summed E-state index contributed by atoms with van der Waals surface area (Å²) in [7, 11) is 0. The lowest BCUT2D eigenvalue weighted by atomic mass is 10.0. The van der Waals surface area contributed by atoms with Crippen molar-refractivity contribution in [3.8, 4) is 5.75 Å². The van der Waals surface area contributed by atoms with Crippen LogP contribution in [0.4, 0.5) is 14.9 Å². The standard InChI is InChI=1S/C24H27FN6O4/c25-16-11-20-19(28-13-16)1-2-23(32)30(20)8-7-29-5-3-17(4-6-29)26-14-18-12-22-21(15-27-18)31(24(33)34)9-10-35-22/h1-2,11-13,15,17,26H,3-10,14H2,(H,33,34). The summed E-state index contributed by atoms with van der Waals surface area (Å²) in [5.74, 6) is 0.0851. The van der Waals surface area contributed by atoms with Gasteiger partial charge >= 0.3 is 6.09 Å². The minimum atomic E-state index is -1.01. The van der Waals surface area contributed by atoms with Gasteiger partial charge in [-0.2, -0.15) is 0 Å². The van der Waals surface area contributed by atoms with Crippen molar-refractivity contribution in [3.63, 3.8) is 0 Å². The van der Waals surface area contributed by atoms with E-state index in [9.17, 15) is 19.1 Å². The van der Waals surface area contributed by atoms with E-state index in [2.05, 4.69) is 20.2 Å². The lowest BCUT2D eigenvalue weighted by molar-refractivity contribution is 0.191. The average molecular weight is 483 g/mol. The minimum Gasteiger partial charge on any atom is -0.489 e. The van der Waals surface area contributed by atoms with Gasteiger partial charge in [-0.15, -0.1) is 0 Å². The molecule has 0 atom stereocenters. The Morgan fingerprint density at radius 1 is 1.14 bits per heavy atom. The number of nitrogens with zero attached hydrogens (tertiary/aromatic N) is 5. The van der Waals surface area contributed by atoms with Gasteiger partial charge in [-0.05, 0) is 32.0 Å². The number of amides is 1. The Labute approximate surface area is 201 Å². The van der Waals surface area contributed by atoms with Crippen molar-refractivity contribution in [1.29, 1.82) is 0 Å². The number of rotatable bonds is 6. The molecular weight excluding hydrogens is 455 g/mol. The van der Waals surface area contributed by atoms with Gasteiger partial charge in [0.2, 0.25) is 0 Å². The van der Waals surface area contributed by atoms with E-state index in [1.807, 2.05) is 0 Å². The van der Waals surface area contributed by atoms with Crippen LogP contribution >= 0.6 is 0 Å². The fourth-order valence-electron chi connectivity index (χ4n) is 4.68. The molecule has 0 radical (unpaired) electrons. The fraction of sp³-hybridized carbons (Fsp3) is 0.417. The molecule has 10 nitrogen and oxygen atoms in total. The zero-order chi connectivity index (χ0) is 24.4. The molecule has 1 saturated heterocycles. The van der Waals surface area contributed by atoms with Gasteiger partial charge in [-0.25, -0.2) is 9.18 Å². The predicted octanol–water partition coefficient (Wildman–Crippen LogP) is 2.06. The maximum atomic E-state index is 13.7. The Morgan fingerprint density at radius 2 is 1.97 bits per heavy atom. The summed E-state index contributed by atoms with van der Waals surface area (Å²) in [6, 6.07) is 6.59. The third-order valence-electron chi connectivity index (χ3n) is 6.60. The number of carboxylic acid groups (broad SMARTS) is 1. The summed E-state index contributed by atoms with van der Waals surface area (Å²) in [4.78, 5) is 35.8. The first kappa shape index (κ1) is 23.2. The molecule has 0 unspecified atom stereocenters. The van der Waals surface area contributed by atoms with Crippen LogP contribution in [0.2, 0.25) is 0 Å². The van der Waals surface area contributed by atoms with Gasteiger partial charge in [0.05, 0.1) is 35.7 Å². The summed E-state index contributed by atoms with van der Waals surface area (Å²) < 4.78 is 20.9. The number of hydrogen-bond donors (Lipinski definition) is 2. The molecule has 3 aromatic rings. The lowest BCUT2D eigenvalue weighted by Gasteiger charge is -2.32. The second kappa shape index (κ2) is 9.96. The van der Waals surface area contributed by atoms with Crippen molar-refractivity contribution in [2.24, 2.45) is 0 Å². The van der Waals surface area contributed by atoms with Crippen LogP contribution in [0.3, 0.4) is 0 Å². The van der Waals surface area contributed by atoms with Gasteiger partial charge in [-0.1, -0.05) is 0 Å². The SMILES string of the molecule is O=C(O)N1CCOc2cc(CNC3CCN(CCn4c(=O)ccc5ncc(F)cc54)CC3)ncc21. The number of carbonyl (C=O) groups is 1. The Balaban J connectivity index is 1.13. The number of fused-ring (bicyclic) bond motifs is 2. The summed E-state index contributed by atoms with van der Waals surface area (Å²) in [6.07, 6.45) is 3.61. The third kappa shape index (κ3) is 5.10. The summed E-state index contributed by atoms with van der Waals surface area (Å²) in [5, 5.41) is 12.8. The zero-order valence-corrected chi connectivity index (χ0v) is 19.2. The van der Waals surface area contributed by atoms with Crippen molar-refractivity contribution in [3.05, 3.63) is 58.5 Å². The molecule has 1 fully saturated rings. The van der Waals surface area contributed by atoms with Crippen LogP contribution in [0, 0.1) is 5.82 Å². The molecule has 35 heavy (non-hydrogen) atoms. The molecule has 0 saturated carbocycles. The second-order valence-electron chi connectivity index (χ2n) is 8.80. The van der Waals surface area contributed by atoms with Gasteiger partial charge in [0.1, 0.15) is 23.9 Å². The van der Waals surface area contributed by atoms with Crippen LogP contribution in [0.25, 0.3) is 11.0 Å². The zero-order valence-electron chi connectivity index (χ0n) is 19.2. The van der Waals surface area contributed by atoms with Crippen molar-refractivity contribution in [1.82, 2.24) is 24.8 Å². The highest BCUT2D eigenvalue weighted by Gasteiger charge is 2.24. The number of nitrogens with one attached hydrogen (secondary N) is 1. The molecule has 2 N–H and O–H groups in total. The quantitative estimate of drug-likeness (QED) is 0.549. The van der Waals surface area contributed by atoms with Crippen LogP contribution in [0.1, 0.15) is 18.5 Å². The van der Waals surface area contributed by atoms with Crippen LogP contribution in [0.15, 0.2) is 41.5 Å². The number of piperidine rings is 1. The summed E-state index contributed by atoms with van der Waals surface area (Å²) in [5.41, 5.74) is 2.24. The molecule has 0 aromatic carbocycles. The number of likely N-dealkylation sites (tertiary alicyclic amines) is 1. The maximum absolute atomic E-state index is 13.7. The van der Waals surface area contributed by atoms with E-state index in [-0.39, 0.29) is 5.56 Å². The largest absolute Gasteiger partial charge is 0.489 e. The van der Waals surface area contributed by atoms with Crippen LogP contribution in [-0.4, -0.2) is 69.5 Å². The number of ether oxygens (including phenoxy) is 1. The maximum Gasteiger partial charge on any atom is 0.412 e. The van der Waals surface area contributed by atoms with Gasteiger partial charge in [0.25, 0.3) is 5.56 Å². The van der Waals surface area contributed by atoms with E-state index in [0.717, 1.165) is 37.8 Å². The van der Waals surface area contributed by atoms with Gasteiger partial charge in [-0.3, -0.25) is 19.7 Å². The van der Waals surface area contributed by atoms with Gasteiger partial charge in [0, 0.05) is 43.9 Å². The van der Waals surface area contributed by atoms with E-state index in [1.165, 1.54) is 17.0 Å². The second-order valence-corrected chi connectivity index (χ2v) is 8.80. The molecule has 0 spiro atoms. The van der Waals surface area contributed by atoms with Crippen molar-refractivity contribution in [2.45, 2.75) is 32.0 Å². The van der Waals surface area contributed by atoms with Crippen LogP contribution < -0.4 is 20.5 Å². The highest BCUT2D eigenvalue weighted by atomic mass is 19.1. The van der Waals surface area contributed by atoms with Gasteiger partial charge < -0.3 is 24.6 Å². The molecule has 5 heterocycles. The van der Waals surface area contributed by atoms with Crippen molar-refractivity contribution < 1.29 is 19.0 Å². The molecular formula is C24H27FN6O4. The average Bonchev–Trinajstić information content (AvgIpc) is 2.87. The fourth-order valence-corrected chi connectivity index (χ4v) is 4.68.